The molecule has 0 aliphatic carbocycles. The molecule has 0 saturated heterocycles. The molecule has 0 bridgehead atoms. The Balaban J connectivity index is 1.83. The first-order valence-electron chi connectivity index (χ1n) is 8.02. The third kappa shape index (κ3) is 3.67. The van der Waals surface area contributed by atoms with Crippen LogP contribution in [0.15, 0.2) is 58.1 Å². The summed E-state index contributed by atoms with van der Waals surface area (Å²) in [5.74, 6) is -0.560. The summed E-state index contributed by atoms with van der Waals surface area (Å²) in [4.78, 5) is 31.0. The first kappa shape index (κ1) is 18.3. The van der Waals surface area contributed by atoms with Gasteiger partial charge in [0.05, 0.1) is 23.3 Å². The van der Waals surface area contributed by atoms with E-state index in [0.29, 0.717) is 10.9 Å². The fourth-order valence-electron chi connectivity index (χ4n) is 2.68. The smallest absolute Gasteiger partial charge is 0.261 e. The molecule has 1 heterocycles. The predicted octanol–water partition coefficient (Wildman–Crippen LogP) is 3.52. The van der Waals surface area contributed by atoms with Crippen molar-refractivity contribution in [2.45, 2.75) is 19.5 Å². The highest BCUT2D eigenvalue weighted by atomic mass is 79.9. The SMILES string of the molecule is CC(c1ccc(F)cc1)N(C)C(=O)Cn1cnc2ccc(Br)cc2c1=O. The van der Waals surface area contributed by atoms with Crippen molar-refractivity contribution in [3.05, 3.63) is 75.0 Å². The summed E-state index contributed by atoms with van der Waals surface area (Å²) < 4.78 is 15.1. The highest BCUT2D eigenvalue weighted by molar-refractivity contribution is 9.10. The normalized spacial score (nSPS) is 12.2. The molecule has 0 N–H and O–H groups in total. The van der Waals surface area contributed by atoms with Gasteiger partial charge in [0.25, 0.3) is 5.56 Å². The Kier molecular flexibility index (Phi) is 5.18. The lowest BCUT2D eigenvalue weighted by Gasteiger charge is -2.25. The second-order valence-electron chi connectivity index (χ2n) is 6.07. The zero-order chi connectivity index (χ0) is 18.8. The number of amides is 1. The van der Waals surface area contributed by atoms with Crippen LogP contribution < -0.4 is 5.56 Å². The molecule has 3 rings (SSSR count). The number of benzene rings is 2. The van der Waals surface area contributed by atoms with Gasteiger partial charge in [-0.1, -0.05) is 28.1 Å². The van der Waals surface area contributed by atoms with Crippen molar-refractivity contribution in [2.75, 3.05) is 7.05 Å². The summed E-state index contributed by atoms with van der Waals surface area (Å²) in [6.45, 7) is 1.74. The first-order chi connectivity index (χ1) is 12.4. The van der Waals surface area contributed by atoms with Gasteiger partial charge in [-0.25, -0.2) is 9.37 Å². The molecule has 7 heteroatoms. The Morgan fingerprint density at radius 1 is 1.27 bits per heavy atom. The molecule has 1 atom stereocenters. The topological polar surface area (TPSA) is 55.2 Å². The Morgan fingerprint density at radius 2 is 1.96 bits per heavy atom. The van der Waals surface area contributed by atoms with Crippen molar-refractivity contribution in [1.29, 1.82) is 0 Å². The predicted molar refractivity (Wildman–Crippen MR) is 101 cm³/mol. The Labute approximate surface area is 158 Å². The van der Waals surface area contributed by atoms with Gasteiger partial charge in [-0.15, -0.1) is 0 Å². The highest BCUT2D eigenvalue weighted by Gasteiger charge is 2.18. The number of halogens is 2. The summed E-state index contributed by atoms with van der Waals surface area (Å²) in [7, 11) is 1.66. The number of rotatable bonds is 4. The van der Waals surface area contributed by atoms with Crippen LogP contribution in [0.1, 0.15) is 18.5 Å². The van der Waals surface area contributed by atoms with Crippen LogP contribution >= 0.6 is 15.9 Å². The molecule has 26 heavy (non-hydrogen) atoms. The van der Waals surface area contributed by atoms with Crippen molar-refractivity contribution in [2.24, 2.45) is 0 Å². The average molecular weight is 418 g/mol. The molecule has 0 aliphatic rings. The molecular formula is C19H17BrFN3O2. The van der Waals surface area contributed by atoms with Crippen LogP contribution in [0.2, 0.25) is 0 Å². The summed E-state index contributed by atoms with van der Waals surface area (Å²) >= 11 is 3.34. The lowest BCUT2D eigenvalue weighted by Crippen LogP contribution is -2.35. The van der Waals surface area contributed by atoms with Crippen LogP contribution in [0.25, 0.3) is 10.9 Å². The molecule has 5 nitrogen and oxygen atoms in total. The standard InChI is InChI=1S/C19H17BrFN3O2/c1-12(13-3-6-15(21)7-4-13)23(2)18(25)10-24-11-22-17-8-5-14(20)9-16(17)19(24)26/h3-9,11-12H,10H2,1-2H3. The van der Waals surface area contributed by atoms with Gasteiger partial charge in [0.15, 0.2) is 0 Å². The second-order valence-corrected chi connectivity index (χ2v) is 6.99. The van der Waals surface area contributed by atoms with Gasteiger partial charge in [0.1, 0.15) is 12.4 Å². The Bertz CT molecular complexity index is 1020. The summed E-state index contributed by atoms with van der Waals surface area (Å²) in [5.41, 5.74) is 1.12. The number of fused-ring (bicyclic) bond motifs is 1. The van der Waals surface area contributed by atoms with E-state index < -0.39 is 0 Å². The van der Waals surface area contributed by atoms with Crippen molar-refractivity contribution in [1.82, 2.24) is 14.5 Å². The number of likely N-dealkylation sites (N-methyl/N-ethyl adjacent to an activating group) is 1. The van der Waals surface area contributed by atoms with E-state index >= 15 is 0 Å². The van der Waals surface area contributed by atoms with Gasteiger partial charge in [0.2, 0.25) is 5.91 Å². The highest BCUT2D eigenvalue weighted by Crippen LogP contribution is 2.19. The van der Waals surface area contributed by atoms with Gasteiger partial charge >= 0.3 is 0 Å². The maximum Gasteiger partial charge on any atom is 0.261 e. The van der Waals surface area contributed by atoms with Crippen molar-refractivity contribution < 1.29 is 9.18 Å². The molecule has 1 aromatic heterocycles. The molecular weight excluding hydrogens is 401 g/mol. The molecule has 0 fully saturated rings. The van der Waals surface area contributed by atoms with E-state index in [4.69, 9.17) is 0 Å². The minimum absolute atomic E-state index is 0.115. The third-order valence-electron chi connectivity index (χ3n) is 4.42. The van der Waals surface area contributed by atoms with Crippen LogP contribution in [0.4, 0.5) is 4.39 Å². The van der Waals surface area contributed by atoms with Crippen molar-refractivity contribution in [3.63, 3.8) is 0 Å². The van der Waals surface area contributed by atoms with E-state index in [0.717, 1.165) is 10.0 Å². The van der Waals surface area contributed by atoms with Crippen LogP contribution in [0.5, 0.6) is 0 Å². The lowest BCUT2D eigenvalue weighted by atomic mass is 10.1. The molecule has 134 valence electrons. The average Bonchev–Trinajstić information content (AvgIpc) is 2.63. The second kappa shape index (κ2) is 7.37. The zero-order valence-electron chi connectivity index (χ0n) is 14.3. The van der Waals surface area contributed by atoms with Crippen molar-refractivity contribution >= 4 is 32.7 Å². The first-order valence-corrected chi connectivity index (χ1v) is 8.82. The number of carbonyl (C=O) groups excluding carboxylic acids is 1. The number of nitrogens with zero attached hydrogens (tertiary/aromatic N) is 3. The van der Waals surface area contributed by atoms with E-state index in [-0.39, 0.29) is 29.9 Å². The van der Waals surface area contributed by atoms with Gasteiger partial charge in [0, 0.05) is 11.5 Å². The van der Waals surface area contributed by atoms with Gasteiger partial charge in [-0.05, 0) is 42.8 Å². The number of aromatic nitrogens is 2. The minimum Gasteiger partial charge on any atom is -0.337 e. The number of hydrogen-bond donors (Lipinski definition) is 0. The molecule has 0 saturated carbocycles. The summed E-state index contributed by atoms with van der Waals surface area (Å²) in [6, 6.07) is 11.0. The van der Waals surface area contributed by atoms with E-state index in [2.05, 4.69) is 20.9 Å². The summed E-state index contributed by atoms with van der Waals surface area (Å²) in [5, 5.41) is 0.448. The quantitative estimate of drug-likeness (QED) is 0.652. The molecule has 3 aromatic rings. The molecule has 0 radical (unpaired) electrons. The zero-order valence-corrected chi connectivity index (χ0v) is 15.9. The number of carbonyl (C=O) groups is 1. The van der Waals surface area contributed by atoms with E-state index in [9.17, 15) is 14.0 Å². The summed E-state index contributed by atoms with van der Waals surface area (Å²) in [6.07, 6.45) is 1.38. The Hall–Kier alpha value is -2.54. The minimum atomic E-state index is -0.324. The van der Waals surface area contributed by atoms with Gasteiger partial charge in [-0.3, -0.25) is 14.2 Å². The maximum atomic E-state index is 13.1. The Morgan fingerprint density at radius 3 is 2.65 bits per heavy atom. The van der Waals surface area contributed by atoms with Crippen molar-refractivity contribution in [3.8, 4) is 0 Å². The van der Waals surface area contributed by atoms with Crippen LogP contribution in [-0.2, 0) is 11.3 Å². The molecule has 1 unspecified atom stereocenters. The lowest BCUT2D eigenvalue weighted by molar-refractivity contribution is -0.132. The van der Waals surface area contributed by atoms with E-state index in [1.807, 2.05) is 13.0 Å². The number of hydrogen-bond acceptors (Lipinski definition) is 3. The molecule has 0 spiro atoms. The molecule has 2 aromatic carbocycles. The molecule has 0 aliphatic heterocycles. The fraction of sp³-hybridized carbons (Fsp3) is 0.211. The van der Waals surface area contributed by atoms with Gasteiger partial charge in [-0.2, -0.15) is 0 Å². The van der Waals surface area contributed by atoms with Crippen LogP contribution in [-0.4, -0.2) is 27.4 Å². The monoisotopic (exact) mass is 417 g/mol. The van der Waals surface area contributed by atoms with Gasteiger partial charge < -0.3 is 4.90 Å². The van der Waals surface area contributed by atoms with Crippen LogP contribution in [0.3, 0.4) is 0 Å². The van der Waals surface area contributed by atoms with Crippen LogP contribution in [0, 0.1) is 5.82 Å². The van der Waals surface area contributed by atoms with E-state index in [1.165, 1.54) is 27.9 Å². The molecule has 1 amide bonds. The third-order valence-corrected chi connectivity index (χ3v) is 4.91. The fourth-order valence-corrected chi connectivity index (χ4v) is 3.04. The van der Waals surface area contributed by atoms with E-state index in [1.54, 1.807) is 31.3 Å². The largest absolute Gasteiger partial charge is 0.337 e. The maximum absolute atomic E-state index is 13.1.